The quantitative estimate of drug-likeness (QED) is 0.446. The van der Waals surface area contributed by atoms with Crippen LogP contribution in [0.15, 0.2) is 40.7 Å². The number of anilines is 1. The number of carbonyl (C=O) groups is 1. The van der Waals surface area contributed by atoms with E-state index in [0.29, 0.717) is 32.8 Å². The van der Waals surface area contributed by atoms with Crippen LogP contribution in [0.25, 0.3) is 11.7 Å². The highest BCUT2D eigenvalue weighted by atomic mass is 32.2. The van der Waals surface area contributed by atoms with Crippen LogP contribution in [-0.4, -0.2) is 37.1 Å². The van der Waals surface area contributed by atoms with Gasteiger partial charge in [-0.1, -0.05) is 49.0 Å². The van der Waals surface area contributed by atoms with Gasteiger partial charge in [0.1, 0.15) is 15.8 Å². The number of nitrogens with zero attached hydrogens (tertiary/aromatic N) is 3. The summed E-state index contributed by atoms with van der Waals surface area (Å²) in [5.41, 5.74) is 1.62. The molecule has 2 aliphatic rings. The largest absolute Gasteiger partial charge is 0.366 e. The van der Waals surface area contributed by atoms with Crippen molar-refractivity contribution >= 4 is 51.7 Å². The van der Waals surface area contributed by atoms with Gasteiger partial charge in [0, 0.05) is 18.8 Å². The molecule has 1 saturated heterocycles. The minimum Gasteiger partial charge on any atom is -0.366 e. The summed E-state index contributed by atoms with van der Waals surface area (Å²) in [6.45, 7) is 6.09. The van der Waals surface area contributed by atoms with E-state index in [0.717, 1.165) is 31.2 Å². The molecule has 1 N–H and O–H groups in total. The predicted octanol–water partition coefficient (Wildman–Crippen LogP) is 3.74. The van der Waals surface area contributed by atoms with Crippen molar-refractivity contribution in [1.82, 2.24) is 14.3 Å². The highest BCUT2D eigenvalue weighted by Crippen LogP contribution is 2.38. The second-order valence-corrected chi connectivity index (χ2v) is 8.95. The summed E-state index contributed by atoms with van der Waals surface area (Å²) in [6.07, 6.45) is 9.27. The lowest BCUT2D eigenvalue weighted by Crippen LogP contribution is -2.36. The number of fused-ring (bicyclic) bond motifs is 1. The van der Waals surface area contributed by atoms with Crippen LogP contribution in [0.2, 0.25) is 0 Å². The number of amides is 1. The maximum absolute atomic E-state index is 13.2. The SMILES string of the molecule is C=CCNc1nc2ccc(C)cn2c(=O)c1C=C1SC(=S)N(C2CCCC2)C1=O. The Balaban J connectivity index is 1.80. The van der Waals surface area contributed by atoms with Crippen molar-refractivity contribution in [3.63, 3.8) is 0 Å². The number of hydrogen-bond donors (Lipinski definition) is 1. The maximum atomic E-state index is 13.2. The number of aromatic nitrogens is 2. The third kappa shape index (κ3) is 3.74. The average molecular weight is 427 g/mol. The normalized spacial score (nSPS) is 18.9. The number of pyridine rings is 1. The Morgan fingerprint density at radius 2 is 2.10 bits per heavy atom. The third-order valence-corrected chi connectivity index (χ3v) is 6.54. The van der Waals surface area contributed by atoms with E-state index >= 15 is 0 Å². The first-order valence-corrected chi connectivity index (χ1v) is 10.9. The topological polar surface area (TPSA) is 66.7 Å². The van der Waals surface area contributed by atoms with Crippen molar-refractivity contribution < 1.29 is 4.79 Å². The first-order chi connectivity index (χ1) is 14.0. The second kappa shape index (κ2) is 8.12. The van der Waals surface area contributed by atoms with Gasteiger partial charge < -0.3 is 5.32 Å². The molecule has 1 aliphatic heterocycles. The summed E-state index contributed by atoms with van der Waals surface area (Å²) < 4.78 is 2.08. The summed E-state index contributed by atoms with van der Waals surface area (Å²) >= 11 is 6.73. The molecule has 2 aromatic heterocycles. The van der Waals surface area contributed by atoms with E-state index in [-0.39, 0.29) is 17.5 Å². The Morgan fingerprint density at radius 1 is 1.34 bits per heavy atom. The van der Waals surface area contributed by atoms with Crippen molar-refractivity contribution in [2.24, 2.45) is 0 Å². The standard InChI is InChI=1S/C21H22N4O2S2/c1-3-10-22-18-15(19(26)24-12-13(2)8-9-17(24)23-18)11-16-20(27)25(21(28)29-16)14-6-4-5-7-14/h3,8-9,11-12,14,22H,1,4-7,10H2,2H3. The Morgan fingerprint density at radius 3 is 2.83 bits per heavy atom. The van der Waals surface area contributed by atoms with Crippen LogP contribution >= 0.6 is 24.0 Å². The molecule has 1 saturated carbocycles. The Bertz CT molecular complexity index is 1100. The zero-order valence-electron chi connectivity index (χ0n) is 16.2. The summed E-state index contributed by atoms with van der Waals surface area (Å²) in [5, 5.41) is 3.12. The first-order valence-electron chi connectivity index (χ1n) is 9.64. The van der Waals surface area contributed by atoms with Gasteiger partial charge in [-0.2, -0.15) is 0 Å². The van der Waals surface area contributed by atoms with E-state index in [1.54, 1.807) is 29.3 Å². The first kappa shape index (κ1) is 19.8. The van der Waals surface area contributed by atoms with Crippen molar-refractivity contribution in [3.8, 4) is 0 Å². The lowest BCUT2D eigenvalue weighted by Gasteiger charge is -2.21. The number of hydrogen-bond acceptors (Lipinski definition) is 6. The van der Waals surface area contributed by atoms with E-state index < -0.39 is 0 Å². The van der Waals surface area contributed by atoms with Gasteiger partial charge >= 0.3 is 0 Å². The number of nitrogens with one attached hydrogen (secondary N) is 1. The van der Waals surface area contributed by atoms with Crippen LogP contribution in [0, 0.1) is 6.92 Å². The van der Waals surface area contributed by atoms with Gasteiger partial charge in [-0.3, -0.25) is 18.9 Å². The molecule has 0 spiro atoms. The van der Waals surface area contributed by atoms with Gasteiger partial charge in [-0.05, 0) is 37.5 Å². The molecule has 29 heavy (non-hydrogen) atoms. The molecule has 0 bridgehead atoms. The number of thioether (sulfide) groups is 1. The minimum atomic E-state index is -0.226. The summed E-state index contributed by atoms with van der Waals surface area (Å²) in [6, 6.07) is 3.88. The van der Waals surface area contributed by atoms with Crippen LogP contribution < -0.4 is 10.9 Å². The van der Waals surface area contributed by atoms with Crippen molar-refractivity contribution in [2.75, 3.05) is 11.9 Å². The number of rotatable bonds is 5. The van der Waals surface area contributed by atoms with Crippen LogP contribution in [0.1, 0.15) is 36.8 Å². The fourth-order valence-corrected chi connectivity index (χ4v) is 5.16. The molecule has 8 heteroatoms. The van der Waals surface area contributed by atoms with E-state index in [1.165, 1.54) is 16.2 Å². The molecule has 3 heterocycles. The van der Waals surface area contributed by atoms with Crippen molar-refractivity contribution in [2.45, 2.75) is 38.6 Å². The van der Waals surface area contributed by atoms with Gasteiger partial charge in [0.2, 0.25) is 0 Å². The van der Waals surface area contributed by atoms with Crippen LogP contribution in [0.3, 0.4) is 0 Å². The fraction of sp³-hybridized carbons (Fsp3) is 0.333. The highest BCUT2D eigenvalue weighted by Gasteiger charge is 2.38. The molecule has 2 fully saturated rings. The second-order valence-electron chi connectivity index (χ2n) is 7.27. The number of aryl methyl sites for hydroxylation is 1. The molecule has 150 valence electrons. The van der Waals surface area contributed by atoms with E-state index in [1.807, 2.05) is 13.0 Å². The molecule has 0 aromatic carbocycles. The molecule has 0 atom stereocenters. The Kier molecular flexibility index (Phi) is 5.56. The molecule has 0 radical (unpaired) electrons. The molecule has 0 unspecified atom stereocenters. The molecule has 1 amide bonds. The Labute approximate surface area is 178 Å². The summed E-state index contributed by atoms with van der Waals surface area (Å²) in [5.74, 6) is 0.320. The summed E-state index contributed by atoms with van der Waals surface area (Å²) in [4.78, 5) is 33.1. The van der Waals surface area contributed by atoms with Gasteiger partial charge in [0.15, 0.2) is 0 Å². The number of carbonyl (C=O) groups excluding carboxylic acids is 1. The summed E-state index contributed by atoms with van der Waals surface area (Å²) in [7, 11) is 0. The predicted molar refractivity (Wildman–Crippen MR) is 122 cm³/mol. The molecule has 6 nitrogen and oxygen atoms in total. The van der Waals surface area contributed by atoms with Gasteiger partial charge in [0.25, 0.3) is 11.5 Å². The monoisotopic (exact) mass is 426 g/mol. The van der Waals surface area contributed by atoms with Gasteiger partial charge in [0.05, 0.1) is 10.5 Å². The molecular weight excluding hydrogens is 404 g/mol. The van der Waals surface area contributed by atoms with E-state index in [9.17, 15) is 9.59 Å². The van der Waals surface area contributed by atoms with E-state index in [2.05, 4.69) is 16.9 Å². The zero-order chi connectivity index (χ0) is 20.5. The molecular formula is C21H22N4O2S2. The highest BCUT2D eigenvalue weighted by molar-refractivity contribution is 8.26. The Hall–Kier alpha value is -2.45. The molecule has 2 aromatic rings. The van der Waals surface area contributed by atoms with Gasteiger partial charge in [-0.15, -0.1) is 6.58 Å². The lowest BCUT2D eigenvalue weighted by atomic mass is 10.2. The maximum Gasteiger partial charge on any atom is 0.267 e. The van der Waals surface area contributed by atoms with Crippen molar-refractivity contribution in [1.29, 1.82) is 0 Å². The van der Waals surface area contributed by atoms with Crippen molar-refractivity contribution in [3.05, 3.63) is 57.4 Å². The number of thiocarbonyl (C=S) groups is 1. The molecule has 1 aliphatic carbocycles. The third-order valence-electron chi connectivity index (χ3n) is 5.21. The average Bonchev–Trinajstić information content (AvgIpc) is 3.31. The van der Waals surface area contributed by atoms with Crippen LogP contribution in [0.5, 0.6) is 0 Å². The minimum absolute atomic E-state index is 0.115. The molecule has 4 rings (SSSR count). The van der Waals surface area contributed by atoms with E-state index in [4.69, 9.17) is 12.2 Å². The van der Waals surface area contributed by atoms with Crippen LogP contribution in [0.4, 0.5) is 5.82 Å². The zero-order valence-corrected chi connectivity index (χ0v) is 17.8. The lowest BCUT2D eigenvalue weighted by molar-refractivity contribution is -0.123. The van der Waals surface area contributed by atoms with Crippen LogP contribution in [-0.2, 0) is 4.79 Å². The van der Waals surface area contributed by atoms with Gasteiger partial charge in [-0.25, -0.2) is 4.98 Å². The fourth-order valence-electron chi connectivity index (χ4n) is 3.78. The smallest absolute Gasteiger partial charge is 0.267 e.